The quantitative estimate of drug-likeness (QED) is 0.327. The zero-order valence-electron chi connectivity index (χ0n) is 11.4. The standard InChI is InChI=1S/C14H12O4S2.Na/c15-14(10-19-20(16,17)18)13-8-6-12(7-9-13)11-4-2-1-3-5-11;/h1-9H,10H2,(H,16,17,18);/q;+1/p-1. The summed E-state index contributed by atoms with van der Waals surface area (Å²) < 4.78 is 31.4. The van der Waals surface area contributed by atoms with Crippen LogP contribution in [0.15, 0.2) is 54.6 Å². The summed E-state index contributed by atoms with van der Waals surface area (Å²) in [4.78, 5) is 11.7. The maximum Gasteiger partial charge on any atom is 1.00 e. The van der Waals surface area contributed by atoms with Gasteiger partial charge in [0.25, 0.3) is 0 Å². The fourth-order valence-corrected chi connectivity index (χ4v) is 2.86. The summed E-state index contributed by atoms with van der Waals surface area (Å²) >= 11 is 0. The van der Waals surface area contributed by atoms with Crippen LogP contribution >= 0.6 is 10.8 Å². The molecule has 0 amide bonds. The van der Waals surface area contributed by atoms with Gasteiger partial charge in [-0.3, -0.25) is 4.79 Å². The molecule has 7 heteroatoms. The molecule has 104 valence electrons. The smallest absolute Gasteiger partial charge is 0.739 e. The molecule has 0 bridgehead atoms. The Kier molecular flexibility index (Phi) is 7.12. The van der Waals surface area contributed by atoms with Gasteiger partial charge in [-0.15, -0.1) is 0 Å². The number of Topliss-reactive ketones (excluding diaryl/α,β-unsaturated/α-hetero) is 1. The van der Waals surface area contributed by atoms with E-state index < -0.39 is 9.15 Å². The molecule has 0 saturated carbocycles. The van der Waals surface area contributed by atoms with Gasteiger partial charge in [-0.2, -0.15) is 0 Å². The molecule has 21 heavy (non-hydrogen) atoms. The van der Waals surface area contributed by atoms with Gasteiger partial charge in [-0.1, -0.05) is 54.6 Å². The second kappa shape index (κ2) is 8.12. The van der Waals surface area contributed by atoms with Crippen molar-refractivity contribution in [1.29, 1.82) is 0 Å². The van der Waals surface area contributed by atoms with Gasteiger partial charge in [0.05, 0.1) is 5.75 Å². The average molecular weight is 330 g/mol. The van der Waals surface area contributed by atoms with E-state index in [4.69, 9.17) is 0 Å². The van der Waals surface area contributed by atoms with Gasteiger partial charge in [-0.05, 0) is 21.9 Å². The summed E-state index contributed by atoms with van der Waals surface area (Å²) in [6.45, 7) is 0. The Bertz CT molecular complexity index is 698. The number of carbonyl (C=O) groups excluding carboxylic acids is 1. The van der Waals surface area contributed by atoms with Crippen molar-refractivity contribution < 1.29 is 47.3 Å². The Balaban J connectivity index is 0.00000220. The molecule has 2 aromatic carbocycles. The van der Waals surface area contributed by atoms with Gasteiger partial charge in [-0.25, -0.2) is 8.42 Å². The summed E-state index contributed by atoms with van der Waals surface area (Å²) in [5.41, 5.74) is 2.38. The molecule has 0 radical (unpaired) electrons. The Morgan fingerprint density at radius 2 is 1.48 bits per heavy atom. The molecule has 2 aromatic rings. The van der Waals surface area contributed by atoms with E-state index in [1.807, 2.05) is 30.3 Å². The summed E-state index contributed by atoms with van der Waals surface area (Å²) in [7, 11) is -4.33. The topological polar surface area (TPSA) is 74.3 Å². The second-order valence-corrected chi connectivity index (χ2v) is 7.31. The number of ketones is 1. The van der Waals surface area contributed by atoms with Gasteiger partial charge in [0.2, 0.25) is 0 Å². The maximum absolute atomic E-state index is 11.7. The van der Waals surface area contributed by atoms with Crippen molar-refractivity contribution in [2.75, 3.05) is 5.75 Å². The van der Waals surface area contributed by atoms with Gasteiger partial charge in [0.15, 0.2) is 5.78 Å². The first-order valence-electron chi connectivity index (χ1n) is 5.75. The molecule has 0 saturated heterocycles. The van der Waals surface area contributed by atoms with Crippen molar-refractivity contribution in [3.8, 4) is 11.1 Å². The molecule has 0 aliphatic carbocycles. The van der Waals surface area contributed by atoms with Crippen molar-refractivity contribution >= 4 is 25.7 Å². The SMILES string of the molecule is O=C(CSS(=O)(=O)[O-])c1ccc(-c2ccccc2)cc1.[Na+]. The number of rotatable bonds is 5. The number of carbonyl (C=O) groups is 1. The monoisotopic (exact) mass is 330 g/mol. The van der Waals surface area contributed by atoms with Crippen LogP contribution in [-0.4, -0.2) is 24.5 Å². The van der Waals surface area contributed by atoms with E-state index in [1.165, 1.54) is 0 Å². The fourth-order valence-electron chi connectivity index (χ4n) is 1.69. The van der Waals surface area contributed by atoms with Crippen LogP contribution in [0.25, 0.3) is 11.1 Å². The van der Waals surface area contributed by atoms with E-state index in [-0.39, 0.29) is 51.9 Å². The van der Waals surface area contributed by atoms with E-state index in [0.29, 0.717) is 5.56 Å². The first kappa shape index (κ1) is 18.4. The third kappa shape index (κ3) is 5.94. The first-order valence-corrected chi connectivity index (χ1v) is 8.66. The molecule has 0 aliphatic rings. The predicted octanol–water partition coefficient (Wildman–Crippen LogP) is -0.266. The maximum atomic E-state index is 11.7. The third-order valence-corrected chi connectivity index (χ3v) is 4.54. The average Bonchev–Trinajstić information content (AvgIpc) is 2.45. The molecular formula is C14H11NaO4S2. The van der Waals surface area contributed by atoms with Crippen LogP contribution in [0.1, 0.15) is 10.4 Å². The zero-order valence-corrected chi connectivity index (χ0v) is 15.0. The van der Waals surface area contributed by atoms with Gasteiger partial charge in [0.1, 0.15) is 9.15 Å². The van der Waals surface area contributed by atoms with E-state index in [0.717, 1.165) is 11.1 Å². The minimum absolute atomic E-state index is 0. The van der Waals surface area contributed by atoms with Crippen LogP contribution in [0, 0.1) is 0 Å². The molecule has 0 fully saturated rings. The van der Waals surface area contributed by atoms with E-state index >= 15 is 0 Å². The molecule has 0 unspecified atom stereocenters. The molecule has 0 aliphatic heterocycles. The molecule has 0 aromatic heterocycles. The van der Waals surface area contributed by atoms with Gasteiger partial charge < -0.3 is 4.55 Å². The molecule has 0 N–H and O–H groups in total. The molecule has 0 heterocycles. The molecule has 0 atom stereocenters. The largest absolute Gasteiger partial charge is 1.00 e. The van der Waals surface area contributed by atoms with Crippen LogP contribution < -0.4 is 29.6 Å². The minimum Gasteiger partial charge on any atom is -0.739 e. The van der Waals surface area contributed by atoms with E-state index in [1.54, 1.807) is 24.3 Å². The van der Waals surface area contributed by atoms with Crippen LogP contribution in [0.4, 0.5) is 0 Å². The number of hydrogen-bond donors (Lipinski definition) is 0. The van der Waals surface area contributed by atoms with E-state index in [9.17, 15) is 17.8 Å². The summed E-state index contributed by atoms with van der Waals surface area (Å²) in [5, 5.41) is 0. The van der Waals surface area contributed by atoms with Crippen molar-refractivity contribution in [2.45, 2.75) is 0 Å². The van der Waals surface area contributed by atoms with Crippen LogP contribution in [0.2, 0.25) is 0 Å². The second-order valence-electron chi connectivity index (χ2n) is 4.04. The number of benzene rings is 2. The predicted molar refractivity (Wildman–Crippen MR) is 78.4 cm³/mol. The Hall–Kier alpha value is -0.630. The van der Waals surface area contributed by atoms with Crippen LogP contribution in [0.3, 0.4) is 0 Å². The molecule has 0 spiro atoms. The van der Waals surface area contributed by atoms with Crippen LogP contribution in [-0.2, 0) is 9.15 Å². The minimum atomic E-state index is -4.43. The molecule has 2 rings (SSSR count). The van der Waals surface area contributed by atoms with Crippen LogP contribution in [0.5, 0.6) is 0 Å². The molecular weight excluding hydrogens is 319 g/mol. The van der Waals surface area contributed by atoms with Crippen molar-refractivity contribution in [1.82, 2.24) is 0 Å². The van der Waals surface area contributed by atoms with Crippen molar-refractivity contribution in [3.63, 3.8) is 0 Å². The summed E-state index contributed by atoms with van der Waals surface area (Å²) in [6, 6.07) is 16.5. The normalized spacial score (nSPS) is 10.7. The van der Waals surface area contributed by atoms with Gasteiger partial charge >= 0.3 is 29.6 Å². The fraction of sp³-hybridized carbons (Fsp3) is 0.0714. The Morgan fingerprint density at radius 1 is 0.952 bits per heavy atom. The Labute approximate surface area is 149 Å². The summed E-state index contributed by atoms with van der Waals surface area (Å²) in [5.74, 6) is -0.745. The van der Waals surface area contributed by atoms with Gasteiger partial charge in [0, 0.05) is 5.56 Å². The first-order chi connectivity index (χ1) is 9.46. The van der Waals surface area contributed by atoms with E-state index in [2.05, 4.69) is 0 Å². The number of hydrogen-bond acceptors (Lipinski definition) is 5. The zero-order chi connectivity index (χ0) is 14.6. The molecule has 4 nitrogen and oxygen atoms in total. The third-order valence-electron chi connectivity index (χ3n) is 2.65. The van der Waals surface area contributed by atoms with Crippen molar-refractivity contribution in [3.05, 3.63) is 60.2 Å². The Morgan fingerprint density at radius 3 is 2.00 bits per heavy atom. The van der Waals surface area contributed by atoms with Crippen molar-refractivity contribution in [2.24, 2.45) is 0 Å². The summed E-state index contributed by atoms with van der Waals surface area (Å²) in [6.07, 6.45) is 0.